The van der Waals surface area contributed by atoms with Gasteiger partial charge < -0.3 is 20.7 Å². The minimum absolute atomic E-state index is 0.0593. The molecule has 3 amide bonds. The Morgan fingerprint density at radius 1 is 1.21 bits per heavy atom. The van der Waals surface area contributed by atoms with Gasteiger partial charge in [-0.05, 0) is 51.9 Å². The molecule has 0 radical (unpaired) electrons. The van der Waals surface area contributed by atoms with E-state index in [1.54, 1.807) is 0 Å². The van der Waals surface area contributed by atoms with Crippen molar-refractivity contribution >= 4 is 11.9 Å². The molecule has 0 aromatic carbocycles. The quantitative estimate of drug-likeness (QED) is 0.733. The van der Waals surface area contributed by atoms with Crippen molar-refractivity contribution in [1.82, 2.24) is 16.0 Å². The van der Waals surface area contributed by atoms with Crippen LogP contribution >= 0.6 is 0 Å². The van der Waals surface area contributed by atoms with Crippen molar-refractivity contribution in [1.29, 1.82) is 0 Å². The molecule has 0 aromatic heterocycles. The number of carbonyl (C=O) groups excluding carboxylic acids is 2. The van der Waals surface area contributed by atoms with E-state index in [2.05, 4.69) is 16.0 Å². The smallest absolute Gasteiger partial charge is 0.315 e. The summed E-state index contributed by atoms with van der Waals surface area (Å²) >= 11 is 0. The second-order valence-electron chi connectivity index (χ2n) is 8.09. The maximum Gasteiger partial charge on any atom is 0.315 e. The van der Waals surface area contributed by atoms with Crippen LogP contribution in [0.15, 0.2) is 0 Å². The first-order chi connectivity index (χ1) is 11.6. The van der Waals surface area contributed by atoms with Crippen LogP contribution in [-0.2, 0) is 9.53 Å². The van der Waals surface area contributed by atoms with E-state index in [0.717, 1.165) is 51.6 Å². The fourth-order valence-corrected chi connectivity index (χ4v) is 5.22. The van der Waals surface area contributed by atoms with Gasteiger partial charge in [-0.15, -0.1) is 0 Å². The average molecular weight is 335 g/mol. The van der Waals surface area contributed by atoms with Crippen molar-refractivity contribution in [3.05, 3.63) is 0 Å². The molecule has 4 rings (SSSR count). The van der Waals surface area contributed by atoms with Gasteiger partial charge in [0, 0.05) is 24.5 Å². The van der Waals surface area contributed by atoms with E-state index < -0.39 is 0 Å². The third kappa shape index (κ3) is 2.41. The molecule has 6 nitrogen and oxygen atoms in total. The standard InChI is InChI=1S/C18H29N3O3/c1-2-24-14-11-13(17(14)7-3-8-17)20-16(23)19-12-5-6-15(22)21-18(12)9-4-10-18/h12-14H,2-11H2,1H3,(H,21,22)(H2,19,20,23)/t12-,13-,14-/m1/s1. The van der Waals surface area contributed by atoms with Gasteiger partial charge in [0.05, 0.1) is 17.7 Å². The molecule has 4 aliphatic rings. The predicted molar refractivity (Wildman–Crippen MR) is 89.5 cm³/mol. The van der Waals surface area contributed by atoms with Crippen LogP contribution in [0.1, 0.15) is 64.7 Å². The summed E-state index contributed by atoms with van der Waals surface area (Å²) in [4.78, 5) is 24.3. The molecule has 24 heavy (non-hydrogen) atoms. The van der Waals surface area contributed by atoms with E-state index >= 15 is 0 Å². The van der Waals surface area contributed by atoms with Crippen LogP contribution in [0.2, 0.25) is 0 Å². The van der Waals surface area contributed by atoms with Crippen LogP contribution in [0.25, 0.3) is 0 Å². The monoisotopic (exact) mass is 335 g/mol. The number of urea groups is 1. The third-order valence-corrected chi connectivity index (χ3v) is 7.01. The molecule has 0 unspecified atom stereocenters. The normalized spacial score (nSPS) is 35.4. The first-order valence-electron chi connectivity index (χ1n) is 9.58. The van der Waals surface area contributed by atoms with Crippen molar-refractivity contribution in [2.24, 2.45) is 5.41 Å². The van der Waals surface area contributed by atoms with Crippen molar-refractivity contribution in [3.8, 4) is 0 Å². The lowest BCUT2D eigenvalue weighted by Gasteiger charge is -2.61. The molecule has 134 valence electrons. The zero-order chi connectivity index (χ0) is 16.8. The lowest BCUT2D eigenvalue weighted by atomic mass is 9.51. The van der Waals surface area contributed by atoms with Gasteiger partial charge in [-0.3, -0.25) is 4.79 Å². The van der Waals surface area contributed by atoms with Gasteiger partial charge in [-0.25, -0.2) is 4.79 Å². The van der Waals surface area contributed by atoms with Gasteiger partial charge >= 0.3 is 6.03 Å². The van der Waals surface area contributed by atoms with Crippen LogP contribution in [-0.4, -0.2) is 42.3 Å². The molecule has 2 spiro atoms. The van der Waals surface area contributed by atoms with E-state index in [1.807, 2.05) is 6.92 Å². The Bertz CT molecular complexity index is 528. The number of carbonyl (C=O) groups is 2. The Morgan fingerprint density at radius 3 is 2.50 bits per heavy atom. The summed E-state index contributed by atoms with van der Waals surface area (Å²) in [7, 11) is 0. The van der Waals surface area contributed by atoms with Crippen molar-refractivity contribution in [2.45, 2.75) is 88.4 Å². The second kappa shape index (κ2) is 5.90. The summed E-state index contributed by atoms with van der Waals surface area (Å²) in [6.07, 6.45) is 9.12. The molecule has 3 N–H and O–H groups in total. The second-order valence-corrected chi connectivity index (χ2v) is 8.09. The van der Waals surface area contributed by atoms with E-state index in [4.69, 9.17) is 4.74 Å². The first kappa shape index (κ1) is 16.2. The number of rotatable bonds is 4. The number of ether oxygens (including phenoxy) is 1. The van der Waals surface area contributed by atoms with Crippen LogP contribution < -0.4 is 16.0 Å². The molecule has 1 aliphatic heterocycles. The van der Waals surface area contributed by atoms with Crippen molar-refractivity contribution in [2.75, 3.05) is 6.61 Å². The zero-order valence-corrected chi connectivity index (χ0v) is 14.5. The molecule has 0 bridgehead atoms. The van der Waals surface area contributed by atoms with E-state index in [0.29, 0.717) is 12.5 Å². The maximum absolute atomic E-state index is 12.5. The highest BCUT2D eigenvalue weighted by atomic mass is 16.5. The molecule has 1 heterocycles. The molecule has 1 saturated heterocycles. The van der Waals surface area contributed by atoms with E-state index in [9.17, 15) is 9.59 Å². The minimum atomic E-state index is -0.186. The van der Waals surface area contributed by atoms with Crippen LogP contribution in [0.4, 0.5) is 4.79 Å². The molecular formula is C18H29N3O3. The zero-order valence-electron chi connectivity index (χ0n) is 14.5. The Balaban J connectivity index is 1.33. The number of nitrogens with one attached hydrogen (secondary N) is 3. The maximum atomic E-state index is 12.5. The lowest BCUT2D eigenvalue weighted by molar-refractivity contribution is -0.169. The first-order valence-corrected chi connectivity index (χ1v) is 9.58. The number of piperidine rings is 1. The summed E-state index contributed by atoms with van der Waals surface area (Å²) in [6.45, 7) is 2.78. The van der Waals surface area contributed by atoms with Crippen molar-refractivity contribution in [3.63, 3.8) is 0 Å². The summed E-state index contributed by atoms with van der Waals surface area (Å²) in [5.74, 6) is 0.125. The predicted octanol–water partition coefficient (Wildman–Crippen LogP) is 1.83. The van der Waals surface area contributed by atoms with Gasteiger partial charge in [0.25, 0.3) is 0 Å². The summed E-state index contributed by atoms with van der Waals surface area (Å²) in [5.41, 5.74) is -0.00338. The van der Waals surface area contributed by atoms with Gasteiger partial charge in [-0.1, -0.05) is 6.42 Å². The Morgan fingerprint density at radius 2 is 1.92 bits per heavy atom. The highest BCUT2D eigenvalue weighted by molar-refractivity contribution is 5.80. The fraction of sp³-hybridized carbons (Fsp3) is 0.889. The molecule has 3 atom stereocenters. The van der Waals surface area contributed by atoms with Gasteiger partial charge in [-0.2, -0.15) is 0 Å². The van der Waals surface area contributed by atoms with Crippen LogP contribution in [0, 0.1) is 5.41 Å². The average Bonchev–Trinajstić information content (AvgIpc) is 2.44. The topological polar surface area (TPSA) is 79.5 Å². The van der Waals surface area contributed by atoms with Gasteiger partial charge in [0.2, 0.25) is 5.91 Å². The molecular weight excluding hydrogens is 306 g/mol. The minimum Gasteiger partial charge on any atom is -0.378 e. The van der Waals surface area contributed by atoms with Gasteiger partial charge in [0.1, 0.15) is 0 Å². The number of hydrogen-bond donors (Lipinski definition) is 3. The SMILES string of the molecule is CCO[C@@H]1C[C@@H](NC(=O)N[C@@H]2CCC(=O)NC23CCC3)C12CCC2. The Kier molecular flexibility index (Phi) is 3.98. The fourth-order valence-electron chi connectivity index (χ4n) is 5.22. The van der Waals surface area contributed by atoms with Crippen molar-refractivity contribution < 1.29 is 14.3 Å². The summed E-state index contributed by atoms with van der Waals surface area (Å²) in [6, 6.07) is 0.219. The molecule has 4 fully saturated rings. The van der Waals surface area contributed by atoms with Crippen LogP contribution in [0.3, 0.4) is 0 Å². The Labute approximate surface area is 143 Å². The lowest BCUT2D eigenvalue weighted by Crippen LogP contribution is -2.72. The summed E-state index contributed by atoms with van der Waals surface area (Å²) in [5, 5.41) is 9.48. The van der Waals surface area contributed by atoms with E-state index in [-0.39, 0.29) is 35.0 Å². The van der Waals surface area contributed by atoms with Gasteiger partial charge in [0.15, 0.2) is 0 Å². The Hall–Kier alpha value is -1.30. The summed E-state index contributed by atoms with van der Waals surface area (Å²) < 4.78 is 5.85. The number of amides is 3. The molecule has 0 aromatic rings. The molecule has 3 aliphatic carbocycles. The molecule has 3 saturated carbocycles. The number of hydrogen-bond acceptors (Lipinski definition) is 3. The highest BCUT2D eigenvalue weighted by Gasteiger charge is 2.59. The third-order valence-electron chi connectivity index (χ3n) is 7.01. The highest BCUT2D eigenvalue weighted by Crippen LogP contribution is 2.57. The largest absolute Gasteiger partial charge is 0.378 e. The van der Waals surface area contributed by atoms with E-state index in [1.165, 1.54) is 6.42 Å². The molecule has 6 heteroatoms. The van der Waals surface area contributed by atoms with Crippen LogP contribution in [0.5, 0.6) is 0 Å².